The summed E-state index contributed by atoms with van der Waals surface area (Å²) >= 11 is 0. The number of aromatic carboxylic acids is 1. The Labute approximate surface area is 119 Å². The van der Waals surface area contributed by atoms with Crippen LogP contribution in [0, 0.1) is 0 Å². The molecule has 0 saturated heterocycles. The zero-order chi connectivity index (χ0) is 15.2. The lowest BCUT2D eigenvalue weighted by molar-refractivity contribution is -0.116. The van der Waals surface area contributed by atoms with Gasteiger partial charge >= 0.3 is 5.97 Å². The van der Waals surface area contributed by atoms with Crippen molar-refractivity contribution in [3.63, 3.8) is 0 Å². The highest BCUT2D eigenvalue weighted by Gasteiger charge is 2.10. The van der Waals surface area contributed by atoms with Crippen LogP contribution in [0.2, 0.25) is 0 Å². The Morgan fingerprint density at radius 3 is 2.81 bits per heavy atom. The van der Waals surface area contributed by atoms with E-state index in [9.17, 15) is 9.59 Å². The van der Waals surface area contributed by atoms with Gasteiger partial charge in [0.25, 0.3) is 0 Å². The molecule has 110 valence electrons. The average molecular weight is 291 g/mol. The predicted molar refractivity (Wildman–Crippen MR) is 70.6 cm³/mol. The number of aromatic nitrogens is 4. The third-order valence-corrected chi connectivity index (χ3v) is 2.53. The summed E-state index contributed by atoms with van der Waals surface area (Å²) in [6.45, 7) is 0.181. The summed E-state index contributed by atoms with van der Waals surface area (Å²) in [6.07, 6.45) is 1.31. The van der Waals surface area contributed by atoms with Gasteiger partial charge in [-0.3, -0.25) is 4.79 Å². The van der Waals surface area contributed by atoms with E-state index in [2.05, 4.69) is 20.8 Å². The molecule has 9 heteroatoms. The SMILES string of the molecule is COCc1cc(NC(=O)Cn2cnnn2)cc(C(=O)O)c1. The number of ether oxygens (including phenoxy) is 1. The average Bonchev–Trinajstić information content (AvgIpc) is 2.91. The predicted octanol–water partition coefficient (Wildman–Crippen LogP) is 0.156. The monoisotopic (exact) mass is 291 g/mol. The molecule has 1 aromatic heterocycles. The zero-order valence-corrected chi connectivity index (χ0v) is 11.2. The summed E-state index contributed by atoms with van der Waals surface area (Å²) in [7, 11) is 1.50. The molecule has 0 saturated carbocycles. The Balaban J connectivity index is 2.14. The van der Waals surface area contributed by atoms with Gasteiger partial charge in [0, 0.05) is 12.8 Å². The van der Waals surface area contributed by atoms with Crippen molar-refractivity contribution in [2.45, 2.75) is 13.2 Å². The largest absolute Gasteiger partial charge is 0.478 e. The molecular weight excluding hydrogens is 278 g/mol. The van der Waals surface area contributed by atoms with E-state index in [1.807, 2.05) is 0 Å². The molecule has 0 aliphatic rings. The summed E-state index contributed by atoms with van der Waals surface area (Å²) in [5, 5.41) is 22.1. The number of anilines is 1. The van der Waals surface area contributed by atoms with E-state index < -0.39 is 5.97 Å². The van der Waals surface area contributed by atoms with Crippen molar-refractivity contribution in [1.29, 1.82) is 0 Å². The first-order chi connectivity index (χ1) is 10.1. The summed E-state index contributed by atoms with van der Waals surface area (Å²) in [6, 6.07) is 4.51. The summed E-state index contributed by atoms with van der Waals surface area (Å²) < 4.78 is 6.23. The second-order valence-electron chi connectivity index (χ2n) is 4.21. The molecule has 0 radical (unpaired) electrons. The molecule has 1 amide bonds. The molecule has 0 unspecified atom stereocenters. The second kappa shape index (κ2) is 6.57. The molecule has 9 nitrogen and oxygen atoms in total. The van der Waals surface area contributed by atoms with Crippen LogP contribution >= 0.6 is 0 Å². The highest BCUT2D eigenvalue weighted by atomic mass is 16.5. The van der Waals surface area contributed by atoms with Gasteiger partial charge in [-0.05, 0) is 34.2 Å². The van der Waals surface area contributed by atoms with Crippen LogP contribution < -0.4 is 5.32 Å². The van der Waals surface area contributed by atoms with Crippen LogP contribution in [-0.4, -0.2) is 44.3 Å². The van der Waals surface area contributed by atoms with Crippen LogP contribution in [-0.2, 0) is 22.7 Å². The minimum absolute atomic E-state index is 0.0656. The normalized spacial score (nSPS) is 10.3. The Hall–Kier alpha value is -2.81. The number of benzene rings is 1. The lowest BCUT2D eigenvalue weighted by atomic mass is 10.1. The molecule has 2 N–H and O–H groups in total. The zero-order valence-electron chi connectivity index (χ0n) is 11.2. The Bertz CT molecular complexity index is 641. The fourth-order valence-electron chi connectivity index (χ4n) is 1.74. The quantitative estimate of drug-likeness (QED) is 0.777. The summed E-state index contributed by atoms with van der Waals surface area (Å²) in [5.74, 6) is -1.45. The molecule has 0 fully saturated rings. The van der Waals surface area contributed by atoms with Gasteiger partial charge in [-0.1, -0.05) is 0 Å². The number of methoxy groups -OCH3 is 1. The minimum atomic E-state index is -1.08. The fraction of sp³-hybridized carbons (Fsp3) is 0.250. The standard InChI is InChI=1S/C12H13N5O4/c1-21-6-8-2-9(12(19)20)4-10(3-8)14-11(18)5-17-7-13-15-16-17/h2-4,7H,5-6H2,1H3,(H,14,18)(H,19,20). The number of rotatable bonds is 6. The van der Waals surface area contributed by atoms with E-state index in [0.717, 1.165) is 0 Å². The van der Waals surface area contributed by atoms with Crippen molar-refractivity contribution < 1.29 is 19.4 Å². The first-order valence-electron chi connectivity index (χ1n) is 5.95. The van der Waals surface area contributed by atoms with Gasteiger partial charge in [-0.15, -0.1) is 5.10 Å². The minimum Gasteiger partial charge on any atom is -0.478 e. The molecule has 0 aliphatic carbocycles. The van der Waals surface area contributed by atoms with Gasteiger partial charge in [0.15, 0.2) is 0 Å². The van der Waals surface area contributed by atoms with Gasteiger partial charge in [-0.2, -0.15) is 0 Å². The molecule has 2 aromatic rings. The van der Waals surface area contributed by atoms with E-state index in [4.69, 9.17) is 9.84 Å². The third kappa shape index (κ3) is 4.08. The van der Waals surface area contributed by atoms with Crippen LogP contribution in [0.5, 0.6) is 0 Å². The van der Waals surface area contributed by atoms with Gasteiger partial charge in [0.1, 0.15) is 12.9 Å². The van der Waals surface area contributed by atoms with E-state index in [-0.39, 0.29) is 24.6 Å². The smallest absolute Gasteiger partial charge is 0.335 e. The van der Waals surface area contributed by atoms with Crippen molar-refractivity contribution in [3.8, 4) is 0 Å². The van der Waals surface area contributed by atoms with Crippen LogP contribution in [0.4, 0.5) is 5.69 Å². The number of carboxylic acid groups (broad SMARTS) is 1. The van der Waals surface area contributed by atoms with E-state index in [0.29, 0.717) is 11.3 Å². The van der Waals surface area contributed by atoms with Crippen LogP contribution in [0.15, 0.2) is 24.5 Å². The third-order valence-electron chi connectivity index (χ3n) is 2.53. The number of carbonyl (C=O) groups is 2. The lowest BCUT2D eigenvalue weighted by Crippen LogP contribution is -2.19. The van der Waals surface area contributed by atoms with E-state index in [1.54, 1.807) is 6.07 Å². The topological polar surface area (TPSA) is 119 Å². The Kier molecular flexibility index (Phi) is 4.57. The Morgan fingerprint density at radius 2 is 2.19 bits per heavy atom. The lowest BCUT2D eigenvalue weighted by Gasteiger charge is -2.09. The van der Waals surface area contributed by atoms with E-state index >= 15 is 0 Å². The molecule has 0 spiro atoms. The number of hydrogen-bond acceptors (Lipinski definition) is 6. The van der Waals surface area contributed by atoms with Crippen LogP contribution in [0.1, 0.15) is 15.9 Å². The van der Waals surface area contributed by atoms with Crippen LogP contribution in [0.25, 0.3) is 0 Å². The van der Waals surface area contributed by atoms with Crippen LogP contribution in [0.3, 0.4) is 0 Å². The maximum atomic E-state index is 11.8. The maximum Gasteiger partial charge on any atom is 0.335 e. The summed E-state index contributed by atoms with van der Waals surface area (Å²) in [4.78, 5) is 22.9. The number of nitrogens with one attached hydrogen (secondary N) is 1. The number of tetrazole rings is 1. The van der Waals surface area contributed by atoms with Gasteiger partial charge in [0.05, 0.1) is 12.2 Å². The second-order valence-corrected chi connectivity index (χ2v) is 4.21. The molecule has 1 heterocycles. The van der Waals surface area contributed by atoms with Gasteiger partial charge < -0.3 is 15.2 Å². The molecule has 0 atom stereocenters. The van der Waals surface area contributed by atoms with Crippen molar-refractivity contribution >= 4 is 17.6 Å². The van der Waals surface area contributed by atoms with Gasteiger partial charge in [-0.25, -0.2) is 9.48 Å². The first-order valence-corrected chi connectivity index (χ1v) is 5.95. The van der Waals surface area contributed by atoms with Crippen molar-refractivity contribution in [3.05, 3.63) is 35.7 Å². The first kappa shape index (κ1) is 14.6. The van der Waals surface area contributed by atoms with Gasteiger partial charge in [0.2, 0.25) is 5.91 Å². The number of nitrogens with zero attached hydrogens (tertiary/aromatic N) is 4. The fourth-order valence-corrected chi connectivity index (χ4v) is 1.74. The van der Waals surface area contributed by atoms with E-state index in [1.165, 1.54) is 30.3 Å². The highest BCUT2D eigenvalue weighted by molar-refractivity contribution is 5.94. The molecule has 21 heavy (non-hydrogen) atoms. The van der Waals surface area contributed by atoms with Crippen molar-refractivity contribution in [1.82, 2.24) is 20.2 Å². The number of carbonyl (C=O) groups excluding carboxylic acids is 1. The number of hydrogen-bond donors (Lipinski definition) is 2. The number of amides is 1. The molecule has 0 bridgehead atoms. The Morgan fingerprint density at radius 1 is 1.38 bits per heavy atom. The molecule has 0 aliphatic heterocycles. The molecule has 1 aromatic carbocycles. The number of carboxylic acids is 1. The highest BCUT2D eigenvalue weighted by Crippen LogP contribution is 2.16. The maximum absolute atomic E-state index is 11.8. The summed E-state index contributed by atoms with van der Waals surface area (Å²) in [5.41, 5.74) is 1.09. The van der Waals surface area contributed by atoms with Crippen molar-refractivity contribution in [2.24, 2.45) is 0 Å². The molecular formula is C12H13N5O4. The molecule has 2 rings (SSSR count). The van der Waals surface area contributed by atoms with Crippen molar-refractivity contribution in [2.75, 3.05) is 12.4 Å².